The third-order valence-corrected chi connectivity index (χ3v) is 6.01. The topological polar surface area (TPSA) is 77.9 Å². The number of benzene rings is 3. The van der Waals surface area contributed by atoms with Crippen molar-refractivity contribution in [2.75, 3.05) is 13.7 Å². The zero-order valence-corrected chi connectivity index (χ0v) is 19.1. The van der Waals surface area contributed by atoms with Gasteiger partial charge in [0.2, 0.25) is 0 Å². The second-order valence-electron chi connectivity index (χ2n) is 7.25. The molecule has 3 aromatic carbocycles. The predicted molar refractivity (Wildman–Crippen MR) is 128 cm³/mol. The first-order valence-electron chi connectivity index (χ1n) is 10.3. The number of hydrogen-bond acceptors (Lipinski definition) is 6. The number of rotatable bonds is 9. The predicted octanol–water partition coefficient (Wildman–Crippen LogP) is 5.84. The average molecular weight is 462 g/mol. The summed E-state index contributed by atoms with van der Waals surface area (Å²) in [6.45, 7) is 1.77. The van der Waals surface area contributed by atoms with E-state index in [4.69, 9.17) is 24.3 Å². The Kier molecular flexibility index (Phi) is 6.90. The normalized spacial score (nSPS) is 10.6. The Bertz CT molecular complexity index is 1250. The molecular formula is C26H23NO5S. The summed E-state index contributed by atoms with van der Waals surface area (Å²) in [7, 11) is 1.66. The number of ether oxygens (including phenoxy) is 3. The third kappa shape index (κ3) is 5.32. The van der Waals surface area contributed by atoms with Gasteiger partial charge in [-0.1, -0.05) is 42.5 Å². The van der Waals surface area contributed by atoms with Gasteiger partial charge in [0, 0.05) is 5.56 Å². The fourth-order valence-corrected chi connectivity index (χ4v) is 4.39. The number of carboxylic acids is 1. The van der Waals surface area contributed by atoms with Crippen LogP contribution in [0.3, 0.4) is 0 Å². The molecule has 1 N–H and O–H groups in total. The van der Waals surface area contributed by atoms with Crippen LogP contribution in [0, 0.1) is 6.92 Å². The lowest BCUT2D eigenvalue weighted by Crippen LogP contribution is -2.10. The van der Waals surface area contributed by atoms with Crippen LogP contribution in [0.5, 0.6) is 17.2 Å². The highest BCUT2D eigenvalue weighted by Crippen LogP contribution is 2.40. The lowest BCUT2D eigenvalue weighted by molar-refractivity contribution is -0.139. The molecule has 4 aromatic rings. The van der Waals surface area contributed by atoms with Crippen molar-refractivity contribution in [1.82, 2.24) is 4.98 Å². The van der Waals surface area contributed by atoms with Crippen LogP contribution in [0.25, 0.3) is 21.7 Å². The summed E-state index contributed by atoms with van der Waals surface area (Å²) in [6, 6.07) is 23.3. The van der Waals surface area contributed by atoms with Gasteiger partial charge in [0.05, 0.1) is 17.7 Å². The van der Waals surface area contributed by atoms with Crippen molar-refractivity contribution in [3.63, 3.8) is 0 Å². The van der Waals surface area contributed by atoms with Crippen LogP contribution < -0.4 is 14.2 Å². The van der Waals surface area contributed by atoms with Gasteiger partial charge in [0.25, 0.3) is 0 Å². The number of aromatic nitrogens is 1. The van der Waals surface area contributed by atoms with Crippen molar-refractivity contribution >= 4 is 17.3 Å². The molecule has 0 spiro atoms. The summed E-state index contributed by atoms with van der Waals surface area (Å²) in [4.78, 5) is 16.7. The molecule has 0 saturated carbocycles. The number of carboxylic acid groups (broad SMARTS) is 1. The Morgan fingerprint density at radius 3 is 2.45 bits per heavy atom. The highest BCUT2D eigenvalue weighted by atomic mass is 32.1. The monoisotopic (exact) mass is 461 g/mol. The van der Waals surface area contributed by atoms with E-state index in [-0.39, 0.29) is 6.61 Å². The van der Waals surface area contributed by atoms with E-state index < -0.39 is 5.97 Å². The second-order valence-corrected chi connectivity index (χ2v) is 8.33. The smallest absolute Gasteiger partial charge is 0.341 e. The molecule has 6 nitrogen and oxygen atoms in total. The van der Waals surface area contributed by atoms with Gasteiger partial charge in [-0.05, 0) is 48.4 Å². The van der Waals surface area contributed by atoms with Gasteiger partial charge in [-0.25, -0.2) is 9.78 Å². The lowest BCUT2D eigenvalue weighted by Gasteiger charge is -2.10. The van der Waals surface area contributed by atoms with Crippen LogP contribution in [0.1, 0.15) is 10.6 Å². The Morgan fingerprint density at radius 1 is 0.970 bits per heavy atom. The number of carbonyl (C=O) groups is 1. The fraction of sp³-hybridized carbons (Fsp3) is 0.154. The summed E-state index contributed by atoms with van der Waals surface area (Å²) in [5.41, 5.74) is 3.67. The molecule has 1 heterocycles. The van der Waals surface area contributed by atoms with Gasteiger partial charge in [-0.15, -0.1) is 11.3 Å². The number of thiazole rings is 1. The minimum absolute atomic E-state index is 0.300. The number of aliphatic carboxylic acids is 1. The van der Waals surface area contributed by atoms with Gasteiger partial charge >= 0.3 is 5.97 Å². The molecule has 0 aliphatic rings. The lowest BCUT2D eigenvalue weighted by atomic mass is 10.1. The Hall–Kier alpha value is -3.84. The number of methoxy groups -OCH3 is 1. The number of aryl methyl sites for hydroxylation is 1. The molecule has 33 heavy (non-hydrogen) atoms. The zero-order chi connectivity index (χ0) is 23.2. The summed E-state index contributed by atoms with van der Waals surface area (Å²) in [6.07, 6.45) is 0. The zero-order valence-electron chi connectivity index (χ0n) is 18.3. The van der Waals surface area contributed by atoms with Crippen LogP contribution in [0.15, 0.2) is 72.8 Å². The van der Waals surface area contributed by atoms with Crippen molar-refractivity contribution in [1.29, 1.82) is 0 Å². The molecule has 168 valence electrons. The van der Waals surface area contributed by atoms with Gasteiger partial charge in [-0.3, -0.25) is 0 Å². The van der Waals surface area contributed by atoms with E-state index in [9.17, 15) is 4.79 Å². The fourth-order valence-electron chi connectivity index (χ4n) is 3.39. The van der Waals surface area contributed by atoms with Crippen molar-refractivity contribution in [3.8, 4) is 38.9 Å². The van der Waals surface area contributed by atoms with E-state index in [1.807, 2.05) is 55.5 Å². The molecule has 0 amide bonds. The van der Waals surface area contributed by atoms with Gasteiger partial charge in [-0.2, -0.15) is 0 Å². The maximum atomic E-state index is 10.7. The number of hydrogen-bond donors (Lipinski definition) is 1. The van der Waals surface area contributed by atoms with Crippen LogP contribution >= 0.6 is 11.3 Å². The van der Waals surface area contributed by atoms with Crippen LogP contribution in [0.4, 0.5) is 0 Å². The second kappa shape index (κ2) is 10.2. The largest absolute Gasteiger partial charge is 0.496 e. The summed E-state index contributed by atoms with van der Waals surface area (Å²) in [5.74, 6) is 0.924. The van der Waals surface area contributed by atoms with E-state index in [1.165, 1.54) is 0 Å². The Balaban J connectivity index is 1.60. The standard InChI is InChI=1S/C26H23NO5S/c1-17-14-19(12-13-21(17)32-16-24(28)29)31-15-23-27-25(20-10-6-7-11-22(20)30-2)26(33-23)18-8-4-3-5-9-18/h3-14H,15-16H2,1-2H3,(H,28,29). The molecule has 0 fully saturated rings. The minimum Gasteiger partial charge on any atom is -0.496 e. The molecule has 7 heteroatoms. The van der Waals surface area contributed by atoms with Crippen molar-refractivity contribution in [2.24, 2.45) is 0 Å². The molecule has 0 aliphatic heterocycles. The van der Waals surface area contributed by atoms with Gasteiger partial charge < -0.3 is 19.3 Å². The van der Waals surface area contributed by atoms with E-state index >= 15 is 0 Å². The summed E-state index contributed by atoms with van der Waals surface area (Å²) < 4.78 is 16.8. The Morgan fingerprint density at radius 2 is 1.73 bits per heavy atom. The SMILES string of the molecule is COc1ccccc1-c1nc(COc2ccc(OCC(=O)O)c(C)c2)sc1-c1ccccc1. The summed E-state index contributed by atoms with van der Waals surface area (Å²) >= 11 is 1.58. The molecule has 0 atom stereocenters. The van der Waals surface area contributed by atoms with E-state index in [2.05, 4.69) is 12.1 Å². The van der Waals surface area contributed by atoms with E-state index in [0.29, 0.717) is 18.1 Å². The van der Waals surface area contributed by atoms with E-state index in [0.717, 1.165) is 38.0 Å². The van der Waals surface area contributed by atoms with Crippen LogP contribution in [-0.4, -0.2) is 29.8 Å². The average Bonchev–Trinajstić information content (AvgIpc) is 3.26. The first kappa shape index (κ1) is 22.4. The molecular weight excluding hydrogens is 438 g/mol. The van der Waals surface area contributed by atoms with Gasteiger partial charge in [0.15, 0.2) is 6.61 Å². The molecule has 0 aliphatic carbocycles. The van der Waals surface area contributed by atoms with E-state index in [1.54, 1.807) is 30.6 Å². The molecule has 1 aromatic heterocycles. The number of para-hydroxylation sites is 1. The van der Waals surface area contributed by atoms with Crippen LogP contribution in [0.2, 0.25) is 0 Å². The molecule has 4 rings (SSSR count). The minimum atomic E-state index is -1.02. The maximum absolute atomic E-state index is 10.7. The molecule has 0 radical (unpaired) electrons. The third-order valence-electron chi connectivity index (χ3n) is 4.93. The van der Waals surface area contributed by atoms with Crippen molar-refractivity contribution in [3.05, 3.63) is 83.4 Å². The van der Waals surface area contributed by atoms with Gasteiger partial charge in [0.1, 0.15) is 28.9 Å². The maximum Gasteiger partial charge on any atom is 0.341 e. The first-order valence-corrected chi connectivity index (χ1v) is 11.1. The quantitative estimate of drug-likeness (QED) is 0.338. The molecule has 0 bridgehead atoms. The number of nitrogens with zero attached hydrogens (tertiary/aromatic N) is 1. The first-order chi connectivity index (χ1) is 16.0. The van der Waals surface area contributed by atoms with Crippen molar-refractivity contribution < 1.29 is 24.1 Å². The van der Waals surface area contributed by atoms with Crippen molar-refractivity contribution in [2.45, 2.75) is 13.5 Å². The van der Waals surface area contributed by atoms with Crippen LogP contribution in [-0.2, 0) is 11.4 Å². The Labute approximate surface area is 196 Å². The summed E-state index contributed by atoms with van der Waals surface area (Å²) in [5, 5.41) is 9.62. The highest BCUT2D eigenvalue weighted by molar-refractivity contribution is 7.15. The molecule has 0 unspecified atom stereocenters. The molecule has 0 saturated heterocycles. The highest BCUT2D eigenvalue weighted by Gasteiger charge is 2.18.